The van der Waals surface area contributed by atoms with Crippen molar-refractivity contribution in [1.29, 1.82) is 0 Å². The van der Waals surface area contributed by atoms with Crippen molar-refractivity contribution < 1.29 is 5.11 Å². The molecule has 1 unspecified atom stereocenters. The predicted molar refractivity (Wildman–Crippen MR) is 68.3 cm³/mol. The van der Waals surface area contributed by atoms with Crippen LogP contribution in [0.5, 0.6) is 0 Å². The van der Waals surface area contributed by atoms with Crippen LogP contribution < -0.4 is 0 Å². The van der Waals surface area contributed by atoms with Crippen LogP contribution in [0.1, 0.15) is 38.5 Å². The van der Waals surface area contributed by atoms with Gasteiger partial charge in [-0.05, 0) is 18.8 Å². The zero-order valence-electron chi connectivity index (χ0n) is 10.3. The summed E-state index contributed by atoms with van der Waals surface area (Å²) in [6, 6.07) is 0. The first-order valence-electron chi connectivity index (χ1n) is 6.17. The Kier molecular flexibility index (Phi) is 4.88. The van der Waals surface area contributed by atoms with Gasteiger partial charge in [-0.25, -0.2) is 0 Å². The van der Waals surface area contributed by atoms with Crippen molar-refractivity contribution in [3.05, 3.63) is 0 Å². The van der Waals surface area contributed by atoms with Gasteiger partial charge in [0.1, 0.15) is 8.07 Å². The molecule has 0 amide bonds. The largest absolute Gasteiger partial charge is 0.392 e. The molecule has 0 heterocycles. The van der Waals surface area contributed by atoms with Crippen LogP contribution in [0.2, 0.25) is 19.6 Å². The molecule has 0 aromatic rings. The molecule has 2 heteroatoms. The molecular formula is C13H24OSi. The fourth-order valence-corrected chi connectivity index (χ4v) is 2.74. The van der Waals surface area contributed by atoms with E-state index in [0.717, 1.165) is 0 Å². The zero-order valence-corrected chi connectivity index (χ0v) is 11.3. The number of rotatable bonds is 2. The van der Waals surface area contributed by atoms with Crippen LogP contribution in [-0.2, 0) is 0 Å². The molecule has 0 aliphatic heterocycles. The van der Waals surface area contributed by atoms with Crippen molar-refractivity contribution in [2.45, 2.75) is 64.3 Å². The third-order valence-electron chi connectivity index (χ3n) is 2.97. The number of aliphatic hydroxyl groups is 1. The van der Waals surface area contributed by atoms with Crippen LogP contribution in [0, 0.1) is 17.4 Å². The normalized spacial score (nSPS) is 20.5. The average Bonchev–Trinajstić information content (AvgIpc) is 2.17. The molecule has 0 radical (unpaired) electrons. The Hall–Kier alpha value is -0.263. The zero-order chi connectivity index (χ0) is 11.3. The molecule has 0 spiro atoms. The van der Waals surface area contributed by atoms with Crippen molar-refractivity contribution >= 4 is 8.07 Å². The Labute approximate surface area is 95.3 Å². The first kappa shape index (κ1) is 12.8. The number of hydrogen-bond acceptors (Lipinski definition) is 1. The molecule has 0 aromatic carbocycles. The van der Waals surface area contributed by atoms with Crippen LogP contribution in [-0.4, -0.2) is 19.3 Å². The van der Waals surface area contributed by atoms with Crippen LogP contribution in [0.25, 0.3) is 0 Å². The van der Waals surface area contributed by atoms with E-state index in [-0.39, 0.29) is 6.10 Å². The highest BCUT2D eigenvalue weighted by Gasteiger charge is 2.20. The quantitative estimate of drug-likeness (QED) is 0.564. The van der Waals surface area contributed by atoms with Crippen LogP contribution in [0.3, 0.4) is 0 Å². The maximum Gasteiger partial charge on any atom is 0.129 e. The first-order valence-corrected chi connectivity index (χ1v) is 9.67. The summed E-state index contributed by atoms with van der Waals surface area (Å²) in [6.45, 7) is 6.73. The van der Waals surface area contributed by atoms with Crippen molar-refractivity contribution in [2.75, 3.05) is 0 Å². The van der Waals surface area contributed by atoms with E-state index in [1.807, 2.05) is 0 Å². The van der Waals surface area contributed by atoms with Crippen molar-refractivity contribution in [3.8, 4) is 11.5 Å². The van der Waals surface area contributed by atoms with Gasteiger partial charge in [0.25, 0.3) is 0 Å². The smallest absolute Gasteiger partial charge is 0.129 e. The highest BCUT2D eigenvalue weighted by Crippen LogP contribution is 2.27. The third-order valence-corrected chi connectivity index (χ3v) is 3.90. The lowest BCUT2D eigenvalue weighted by atomic mass is 9.84. The van der Waals surface area contributed by atoms with E-state index in [9.17, 15) is 5.11 Å². The van der Waals surface area contributed by atoms with Gasteiger partial charge in [0.15, 0.2) is 0 Å². The molecular weight excluding hydrogens is 200 g/mol. The summed E-state index contributed by atoms with van der Waals surface area (Å²) >= 11 is 0. The Morgan fingerprint density at radius 1 is 1.20 bits per heavy atom. The summed E-state index contributed by atoms with van der Waals surface area (Å²) < 4.78 is 0. The van der Waals surface area contributed by atoms with Gasteiger partial charge in [-0.2, -0.15) is 0 Å². The second kappa shape index (κ2) is 5.72. The molecule has 0 saturated heterocycles. The summed E-state index contributed by atoms with van der Waals surface area (Å²) in [4.78, 5) is 0. The summed E-state index contributed by atoms with van der Waals surface area (Å²) in [5.74, 6) is 3.71. The minimum atomic E-state index is -1.25. The maximum atomic E-state index is 9.98. The summed E-state index contributed by atoms with van der Waals surface area (Å²) in [6.07, 6.45) is 6.87. The summed E-state index contributed by atoms with van der Waals surface area (Å²) in [5, 5.41) is 9.98. The molecule has 0 bridgehead atoms. The molecule has 1 rings (SSSR count). The SMILES string of the molecule is C[Si](C)(C)C#CCC(O)C1CCCCC1. The number of aliphatic hydroxyl groups excluding tert-OH is 1. The maximum absolute atomic E-state index is 9.98. The highest BCUT2D eigenvalue weighted by atomic mass is 28.3. The Bertz CT molecular complexity index is 237. The van der Waals surface area contributed by atoms with Gasteiger partial charge in [0.05, 0.1) is 6.10 Å². The average molecular weight is 224 g/mol. The lowest BCUT2D eigenvalue weighted by Crippen LogP contribution is -2.23. The number of hydrogen-bond donors (Lipinski definition) is 1. The van der Waals surface area contributed by atoms with E-state index in [1.165, 1.54) is 32.1 Å². The molecule has 1 fully saturated rings. The fourth-order valence-electron chi connectivity index (χ4n) is 2.11. The van der Waals surface area contributed by atoms with Crippen molar-refractivity contribution in [2.24, 2.45) is 5.92 Å². The van der Waals surface area contributed by atoms with Gasteiger partial charge in [0.2, 0.25) is 0 Å². The second-order valence-corrected chi connectivity index (χ2v) is 10.5. The van der Waals surface area contributed by atoms with Crippen LogP contribution in [0.4, 0.5) is 0 Å². The van der Waals surface area contributed by atoms with E-state index in [1.54, 1.807) is 0 Å². The van der Waals surface area contributed by atoms with Crippen molar-refractivity contribution in [3.63, 3.8) is 0 Å². The molecule has 1 aliphatic rings. The summed E-state index contributed by atoms with van der Waals surface area (Å²) in [7, 11) is -1.25. The van der Waals surface area contributed by atoms with Gasteiger partial charge in [0, 0.05) is 6.42 Å². The molecule has 1 N–H and O–H groups in total. The van der Waals surface area contributed by atoms with E-state index < -0.39 is 8.07 Å². The molecule has 1 atom stereocenters. The molecule has 1 aliphatic carbocycles. The van der Waals surface area contributed by atoms with Crippen LogP contribution >= 0.6 is 0 Å². The molecule has 15 heavy (non-hydrogen) atoms. The lowest BCUT2D eigenvalue weighted by molar-refractivity contribution is 0.0892. The molecule has 1 nitrogen and oxygen atoms in total. The van der Waals surface area contributed by atoms with E-state index in [2.05, 4.69) is 31.1 Å². The monoisotopic (exact) mass is 224 g/mol. The van der Waals surface area contributed by atoms with Gasteiger partial charge in [-0.3, -0.25) is 0 Å². The first-order chi connectivity index (χ1) is 6.99. The fraction of sp³-hybridized carbons (Fsp3) is 0.846. The predicted octanol–water partition coefficient (Wildman–Crippen LogP) is 3.20. The van der Waals surface area contributed by atoms with Gasteiger partial charge < -0.3 is 5.11 Å². The Morgan fingerprint density at radius 2 is 1.80 bits per heavy atom. The standard InChI is InChI=1S/C13H24OSi/c1-15(2,3)11-7-10-13(14)12-8-5-4-6-9-12/h12-14H,4-6,8-10H2,1-3H3. The minimum Gasteiger partial charge on any atom is -0.392 e. The third kappa shape index (κ3) is 5.39. The Morgan fingerprint density at radius 3 is 2.33 bits per heavy atom. The second-order valence-electron chi connectivity index (χ2n) is 5.72. The van der Waals surface area contributed by atoms with E-state index in [4.69, 9.17) is 0 Å². The molecule has 0 aromatic heterocycles. The van der Waals surface area contributed by atoms with Gasteiger partial charge in [-0.15, -0.1) is 11.5 Å². The lowest BCUT2D eigenvalue weighted by Gasteiger charge is -2.25. The highest BCUT2D eigenvalue weighted by molar-refractivity contribution is 6.83. The molecule has 1 saturated carbocycles. The van der Waals surface area contributed by atoms with Gasteiger partial charge in [-0.1, -0.05) is 38.9 Å². The topological polar surface area (TPSA) is 20.2 Å². The molecule has 86 valence electrons. The van der Waals surface area contributed by atoms with Crippen LogP contribution in [0.15, 0.2) is 0 Å². The van der Waals surface area contributed by atoms with E-state index >= 15 is 0 Å². The minimum absolute atomic E-state index is 0.172. The Balaban J connectivity index is 2.33. The van der Waals surface area contributed by atoms with E-state index in [0.29, 0.717) is 12.3 Å². The van der Waals surface area contributed by atoms with Crippen molar-refractivity contribution in [1.82, 2.24) is 0 Å². The van der Waals surface area contributed by atoms with Gasteiger partial charge >= 0.3 is 0 Å². The summed E-state index contributed by atoms with van der Waals surface area (Å²) in [5.41, 5.74) is 3.32.